The summed E-state index contributed by atoms with van der Waals surface area (Å²) in [6.07, 6.45) is 1.75. The topological polar surface area (TPSA) is 69.8 Å². The molecule has 1 aromatic carbocycles. The van der Waals surface area contributed by atoms with Crippen LogP contribution in [0.3, 0.4) is 0 Å². The van der Waals surface area contributed by atoms with Gasteiger partial charge in [-0.2, -0.15) is 5.10 Å². The van der Waals surface area contributed by atoms with Crippen molar-refractivity contribution in [3.05, 3.63) is 24.4 Å². The van der Waals surface area contributed by atoms with Gasteiger partial charge in [-0.05, 0) is 25.2 Å². The van der Waals surface area contributed by atoms with E-state index in [1.165, 1.54) is 0 Å². The number of hydrogen-bond acceptors (Lipinski definition) is 3. The predicted molar refractivity (Wildman–Crippen MR) is 75.1 cm³/mol. The van der Waals surface area contributed by atoms with Crippen molar-refractivity contribution in [1.82, 2.24) is 15.5 Å². The zero-order valence-electron chi connectivity index (χ0n) is 10.4. The Morgan fingerprint density at radius 3 is 3.00 bits per heavy atom. The number of fused-ring (bicyclic) bond motifs is 1. The molecule has 18 heavy (non-hydrogen) atoms. The maximum Gasteiger partial charge on any atom is 0.228 e. The van der Waals surface area contributed by atoms with Gasteiger partial charge in [0.1, 0.15) is 0 Å². The first kappa shape index (κ1) is 14.5. The van der Waals surface area contributed by atoms with Gasteiger partial charge in [0.05, 0.1) is 11.7 Å². The summed E-state index contributed by atoms with van der Waals surface area (Å²) in [5.74, 6) is -0.0457. The lowest BCUT2D eigenvalue weighted by molar-refractivity contribution is -0.119. The van der Waals surface area contributed by atoms with Crippen LogP contribution in [0, 0.1) is 5.92 Å². The van der Waals surface area contributed by atoms with Crippen LogP contribution in [0.5, 0.6) is 0 Å². The second-order valence-electron chi connectivity index (χ2n) is 4.12. The van der Waals surface area contributed by atoms with Crippen LogP contribution >= 0.6 is 12.4 Å². The summed E-state index contributed by atoms with van der Waals surface area (Å²) < 4.78 is 0. The van der Waals surface area contributed by atoms with Crippen LogP contribution in [0.4, 0.5) is 5.69 Å². The van der Waals surface area contributed by atoms with Gasteiger partial charge in [-0.1, -0.05) is 6.92 Å². The number of hydrogen-bond donors (Lipinski definition) is 3. The Balaban J connectivity index is 0.00000162. The normalized spacial score (nSPS) is 11.9. The van der Waals surface area contributed by atoms with E-state index in [0.717, 1.165) is 16.6 Å². The van der Waals surface area contributed by atoms with Gasteiger partial charge in [0.15, 0.2) is 0 Å². The van der Waals surface area contributed by atoms with Crippen LogP contribution in [0.1, 0.15) is 6.92 Å². The number of nitrogens with one attached hydrogen (secondary N) is 3. The Kier molecular flexibility index (Phi) is 5.12. The van der Waals surface area contributed by atoms with Gasteiger partial charge in [0.2, 0.25) is 5.91 Å². The van der Waals surface area contributed by atoms with Crippen molar-refractivity contribution in [2.24, 2.45) is 5.92 Å². The highest BCUT2D eigenvalue weighted by Gasteiger charge is 2.11. The molecule has 2 rings (SSSR count). The van der Waals surface area contributed by atoms with Gasteiger partial charge in [-0.15, -0.1) is 12.4 Å². The van der Waals surface area contributed by atoms with Gasteiger partial charge < -0.3 is 10.6 Å². The van der Waals surface area contributed by atoms with Crippen molar-refractivity contribution in [3.8, 4) is 0 Å². The van der Waals surface area contributed by atoms with Crippen molar-refractivity contribution in [3.63, 3.8) is 0 Å². The Bertz CT molecular complexity index is 526. The Hall–Kier alpha value is -1.59. The number of aromatic nitrogens is 2. The number of nitrogens with zero attached hydrogens (tertiary/aromatic N) is 1. The molecule has 1 amide bonds. The molecule has 0 aliphatic heterocycles. The van der Waals surface area contributed by atoms with Crippen LogP contribution in [-0.4, -0.2) is 29.7 Å². The molecule has 1 unspecified atom stereocenters. The molecule has 0 bridgehead atoms. The SMILES string of the molecule is CNCC(C)C(=O)Nc1ccc2cn[nH]c2c1.Cl. The molecule has 3 N–H and O–H groups in total. The smallest absolute Gasteiger partial charge is 0.228 e. The fourth-order valence-electron chi connectivity index (χ4n) is 1.68. The monoisotopic (exact) mass is 268 g/mol. The van der Waals surface area contributed by atoms with E-state index < -0.39 is 0 Å². The first-order valence-electron chi connectivity index (χ1n) is 5.59. The summed E-state index contributed by atoms with van der Waals surface area (Å²) in [6, 6.07) is 5.69. The minimum Gasteiger partial charge on any atom is -0.326 e. The summed E-state index contributed by atoms with van der Waals surface area (Å²) in [5, 5.41) is 13.7. The van der Waals surface area contributed by atoms with E-state index >= 15 is 0 Å². The van der Waals surface area contributed by atoms with E-state index in [1.807, 2.05) is 32.2 Å². The van der Waals surface area contributed by atoms with Gasteiger partial charge in [0, 0.05) is 23.5 Å². The number of anilines is 1. The minimum absolute atomic E-state index is 0. The molecule has 0 aliphatic carbocycles. The van der Waals surface area contributed by atoms with Crippen LogP contribution in [-0.2, 0) is 4.79 Å². The lowest BCUT2D eigenvalue weighted by Crippen LogP contribution is -2.28. The molecule has 5 nitrogen and oxygen atoms in total. The van der Waals surface area contributed by atoms with Crippen molar-refractivity contribution in [2.45, 2.75) is 6.92 Å². The molecule has 0 spiro atoms. The van der Waals surface area contributed by atoms with Crippen LogP contribution < -0.4 is 10.6 Å². The highest BCUT2D eigenvalue weighted by molar-refractivity contribution is 5.94. The van der Waals surface area contributed by atoms with E-state index in [-0.39, 0.29) is 24.2 Å². The third kappa shape index (κ3) is 3.21. The second-order valence-corrected chi connectivity index (χ2v) is 4.12. The van der Waals surface area contributed by atoms with E-state index in [0.29, 0.717) is 6.54 Å². The number of benzene rings is 1. The molecule has 6 heteroatoms. The highest BCUT2D eigenvalue weighted by atomic mass is 35.5. The Morgan fingerprint density at radius 2 is 2.28 bits per heavy atom. The summed E-state index contributed by atoms with van der Waals surface area (Å²) in [4.78, 5) is 11.8. The summed E-state index contributed by atoms with van der Waals surface area (Å²) in [7, 11) is 1.83. The molecule has 0 aliphatic rings. The number of H-pyrrole nitrogens is 1. The van der Waals surface area contributed by atoms with Crippen molar-refractivity contribution < 1.29 is 4.79 Å². The number of rotatable bonds is 4. The lowest BCUT2D eigenvalue weighted by Gasteiger charge is -2.11. The highest BCUT2D eigenvalue weighted by Crippen LogP contribution is 2.17. The van der Waals surface area contributed by atoms with Gasteiger partial charge >= 0.3 is 0 Å². The van der Waals surface area contributed by atoms with Crippen molar-refractivity contribution in [1.29, 1.82) is 0 Å². The first-order valence-corrected chi connectivity index (χ1v) is 5.59. The lowest BCUT2D eigenvalue weighted by atomic mass is 10.1. The molecule has 1 aromatic heterocycles. The third-order valence-electron chi connectivity index (χ3n) is 2.67. The van der Waals surface area contributed by atoms with Gasteiger partial charge in [0.25, 0.3) is 0 Å². The van der Waals surface area contributed by atoms with Crippen molar-refractivity contribution >= 4 is 34.9 Å². The molecule has 0 saturated carbocycles. The molecule has 1 heterocycles. The number of carbonyl (C=O) groups is 1. The van der Waals surface area contributed by atoms with E-state index in [1.54, 1.807) is 6.20 Å². The van der Waals surface area contributed by atoms with E-state index in [2.05, 4.69) is 20.8 Å². The van der Waals surface area contributed by atoms with Gasteiger partial charge in [-0.25, -0.2) is 0 Å². The Labute approximate surface area is 112 Å². The molecule has 98 valence electrons. The zero-order chi connectivity index (χ0) is 12.3. The minimum atomic E-state index is -0.0579. The molecule has 2 aromatic rings. The maximum atomic E-state index is 11.8. The maximum absolute atomic E-state index is 11.8. The van der Waals surface area contributed by atoms with Crippen LogP contribution in [0.25, 0.3) is 10.9 Å². The molecule has 0 saturated heterocycles. The number of amides is 1. The van der Waals surface area contributed by atoms with E-state index in [4.69, 9.17) is 0 Å². The fourth-order valence-corrected chi connectivity index (χ4v) is 1.68. The predicted octanol–water partition coefficient (Wildman–Crippen LogP) is 1.78. The summed E-state index contributed by atoms with van der Waals surface area (Å²) >= 11 is 0. The largest absolute Gasteiger partial charge is 0.326 e. The molecular formula is C12H17ClN4O. The third-order valence-corrected chi connectivity index (χ3v) is 2.67. The molecule has 1 atom stereocenters. The summed E-state index contributed by atoms with van der Waals surface area (Å²) in [6.45, 7) is 2.55. The van der Waals surface area contributed by atoms with Crippen LogP contribution in [0.15, 0.2) is 24.4 Å². The van der Waals surface area contributed by atoms with E-state index in [9.17, 15) is 4.79 Å². The van der Waals surface area contributed by atoms with Crippen LogP contribution in [0.2, 0.25) is 0 Å². The second kappa shape index (κ2) is 6.37. The average Bonchev–Trinajstić information content (AvgIpc) is 2.76. The number of aromatic amines is 1. The van der Waals surface area contributed by atoms with Gasteiger partial charge in [-0.3, -0.25) is 9.89 Å². The average molecular weight is 269 g/mol. The summed E-state index contributed by atoms with van der Waals surface area (Å²) in [5.41, 5.74) is 1.71. The number of carbonyl (C=O) groups excluding carboxylic acids is 1. The van der Waals surface area contributed by atoms with Crippen molar-refractivity contribution in [2.75, 3.05) is 18.9 Å². The molecule has 0 fully saturated rings. The Morgan fingerprint density at radius 1 is 1.50 bits per heavy atom. The fraction of sp³-hybridized carbons (Fsp3) is 0.333. The first-order chi connectivity index (χ1) is 8.20. The zero-order valence-corrected chi connectivity index (χ0v) is 11.2. The number of halogens is 1. The molecule has 0 radical (unpaired) electrons. The quantitative estimate of drug-likeness (QED) is 0.792. The standard InChI is InChI=1S/C12H16N4O.ClH/c1-8(6-13-2)12(17)15-10-4-3-9-7-14-16-11(9)5-10;/h3-5,7-8,13H,6H2,1-2H3,(H,14,16)(H,15,17);1H. The molecular weight excluding hydrogens is 252 g/mol.